The van der Waals surface area contributed by atoms with E-state index in [4.69, 9.17) is 9.84 Å². The van der Waals surface area contributed by atoms with Gasteiger partial charge in [-0.2, -0.15) is 0 Å². The van der Waals surface area contributed by atoms with Gasteiger partial charge in [0.05, 0.1) is 17.5 Å². The van der Waals surface area contributed by atoms with E-state index in [0.29, 0.717) is 18.0 Å². The summed E-state index contributed by atoms with van der Waals surface area (Å²) in [5.41, 5.74) is 0. The van der Waals surface area contributed by atoms with Crippen molar-refractivity contribution in [2.45, 2.75) is 25.3 Å². The number of carbonyl (C=O) groups excluding carboxylic acids is 1. The summed E-state index contributed by atoms with van der Waals surface area (Å²) in [6.07, 6.45) is 3.03. The number of carboxylic acids is 1. The van der Waals surface area contributed by atoms with E-state index in [0.717, 1.165) is 30.6 Å². The molecule has 1 aromatic rings. The van der Waals surface area contributed by atoms with Gasteiger partial charge >= 0.3 is 5.97 Å². The molecule has 2 rings (SSSR count). The Bertz CT molecular complexity index is 469. The SMILES string of the molecule is COCC1CCCCN1C(=O)c1ccc(C(=O)O)s1. The first-order valence-electron chi connectivity index (χ1n) is 6.26. The van der Waals surface area contributed by atoms with Crippen molar-refractivity contribution in [3.05, 3.63) is 21.9 Å². The monoisotopic (exact) mass is 283 g/mol. The quantitative estimate of drug-likeness (QED) is 0.918. The van der Waals surface area contributed by atoms with Gasteiger partial charge in [-0.1, -0.05) is 0 Å². The smallest absolute Gasteiger partial charge is 0.345 e. The van der Waals surface area contributed by atoms with Gasteiger partial charge in [0, 0.05) is 13.7 Å². The van der Waals surface area contributed by atoms with Crippen LogP contribution in [-0.2, 0) is 4.74 Å². The van der Waals surface area contributed by atoms with Crippen molar-refractivity contribution < 1.29 is 19.4 Å². The highest BCUT2D eigenvalue weighted by Crippen LogP contribution is 2.23. The summed E-state index contributed by atoms with van der Waals surface area (Å²) in [5.74, 6) is -1.07. The Morgan fingerprint density at radius 1 is 1.42 bits per heavy atom. The number of likely N-dealkylation sites (tertiary alicyclic amines) is 1. The summed E-state index contributed by atoms with van der Waals surface area (Å²) in [6.45, 7) is 1.25. The van der Waals surface area contributed by atoms with Crippen molar-refractivity contribution in [2.24, 2.45) is 0 Å². The number of rotatable bonds is 4. The van der Waals surface area contributed by atoms with Gasteiger partial charge in [-0.25, -0.2) is 4.79 Å². The van der Waals surface area contributed by atoms with Gasteiger partial charge in [-0.05, 0) is 31.4 Å². The van der Waals surface area contributed by atoms with Gasteiger partial charge in [-0.15, -0.1) is 11.3 Å². The van der Waals surface area contributed by atoms with Crippen LogP contribution in [0.2, 0.25) is 0 Å². The molecule has 1 fully saturated rings. The Morgan fingerprint density at radius 2 is 2.16 bits per heavy atom. The number of thiophene rings is 1. The number of piperidine rings is 1. The van der Waals surface area contributed by atoms with Crippen molar-refractivity contribution in [1.82, 2.24) is 4.90 Å². The fraction of sp³-hybridized carbons (Fsp3) is 0.538. The fourth-order valence-corrected chi connectivity index (χ4v) is 3.14. The minimum Gasteiger partial charge on any atom is -0.477 e. The summed E-state index contributed by atoms with van der Waals surface area (Å²) in [4.78, 5) is 25.7. The molecular weight excluding hydrogens is 266 g/mol. The molecule has 0 aromatic carbocycles. The zero-order chi connectivity index (χ0) is 13.8. The maximum atomic E-state index is 12.4. The maximum Gasteiger partial charge on any atom is 0.345 e. The first-order chi connectivity index (χ1) is 9.13. The molecule has 1 amide bonds. The molecule has 0 aliphatic carbocycles. The van der Waals surface area contributed by atoms with E-state index in [-0.39, 0.29) is 16.8 Å². The van der Waals surface area contributed by atoms with Gasteiger partial charge in [-0.3, -0.25) is 4.79 Å². The van der Waals surface area contributed by atoms with Crippen LogP contribution in [0, 0.1) is 0 Å². The van der Waals surface area contributed by atoms with Gasteiger partial charge in [0.25, 0.3) is 5.91 Å². The van der Waals surface area contributed by atoms with Crippen molar-refractivity contribution in [3.63, 3.8) is 0 Å². The molecule has 0 radical (unpaired) electrons. The normalized spacial score (nSPS) is 19.4. The molecule has 1 aliphatic heterocycles. The van der Waals surface area contributed by atoms with E-state index in [1.165, 1.54) is 6.07 Å². The number of carbonyl (C=O) groups is 2. The van der Waals surface area contributed by atoms with Gasteiger partial charge in [0.1, 0.15) is 4.88 Å². The molecule has 1 N–H and O–H groups in total. The van der Waals surface area contributed by atoms with E-state index in [1.807, 2.05) is 4.90 Å². The molecule has 1 aromatic heterocycles. The minimum absolute atomic E-state index is 0.0840. The lowest BCUT2D eigenvalue weighted by Gasteiger charge is -2.35. The summed E-state index contributed by atoms with van der Waals surface area (Å²) >= 11 is 1.03. The molecule has 19 heavy (non-hydrogen) atoms. The Morgan fingerprint density at radius 3 is 2.79 bits per heavy atom. The Labute approximate surface area is 115 Å². The molecule has 0 saturated carbocycles. The third-order valence-electron chi connectivity index (χ3n) is 3.27. The number of aromatic carboxylic acids is 1. The predicted octanol–water partition coefficient (Wildman–Crippen LogP) is 2.09. The molecule has 0 spiro atoms. The summed E-state index contributed by atoms with van der Waals surface area (Å²) in [6, 6.07) is 3.17. The summed E-state index contributed by atoms with van der Waals surface area (Å²) in [5, 5.41) is 8.89. The van der Waals surface area contributed by atoms with Crippen LogP contribution < -0.4 is 0 Å². The number of carboxylic acid groups (broad SMARTS) is 1. The molecule has 1 aliphatic rings. The average Bonchev–Trinajstić information content (AvgIpc) is 2.89. The van der Waals surface area contributed by atoms with E-state index < -0.39 is 5.97 Å². The molecular formula is C13H17NO4S. The van der Waals surface area contributed by atoms with E-state index >= 15 is 0 Å². The molecule has 1 saturated heterocycles. The molecule has 5 nitrogen and oxygen atoms in total. The van der Waals surface area contributed by atoms with Crippen molar-refractivity contribution in [1.29, 1.82) is 0 Å². The lowest BCUT2D eigenvalue weighted by atomic mass is 10.0. The number of ether oxygens (including phenoxy) is 1. The second kappa shape index (κ2) is 6.16. The van der Waals surface area contributed by atoms with Crippen LogP contribution in [0.4, 0.5) is 0 Å². The number of methoxy groups -OCH3 is 1. The highest BCUT2D eigenvalue weighted by Gasteiger charge is 2.28. The first kappa shape index (κ1) is 14.0. The minimum atomic E-state index is -0.990. The van der Waals surface area contributed by atoms with Crippen molar-refractivity contribution in [2.75, 3.05) is 20.3 Å². The number of nitrogens with zero attached hydrogens (tertiary/aromatic N) is 1. The number of hydrogen-bond donors (Lipinski definition) is 1. The van der Waals surface area contributed by atoms with Crippen LogP contribution in [0.5, 0.6) is 0 Å². The summed E-state index contributed by atoms with van der Waals surface area (Å²) < 4.78 is 5.16. The molecule has 1 unspecified atom stereocenters. The maximum absolute atomic E-state index is 12.4. The van der Waals surface area contributed by atoms with Crippen LogP contribution in [0.3, 0.4) is 0 Å². The zero-order valence-electron chi connectivity index (χ0n) is 10.8. The van der Waals surface area contributed by atoms with Crippen LogP contribution in [0.15, 0.2) is 12.1 Å². The van der Waals surface area contributed by atoms with E-state index in [9.17, 15) is 9.59 Å². The Hall–Kier alpha value is -1.40. The average molecular weight is 283 g/mol. The molecule has 104 valence electrons. The van der Waals surface area contributed by atoms with Gasteiger partial charge < -0.3 is 14.7 Å². The molecule has 6 heteroatoms. The third kappa shape index (κ3) is 3.13. The first-order valence-corrected chi connectivity index (χ1v) is 7.08. The largest absolute Gasteiger partial charge is 0.477 e. The van der Waals surface area contributed by atoms with Gasteiger partial charge in [0.15, 0.2) is 0 Å². The predicted molar refractivity (Wildman–Crippen MR) is 71.8 cm³/mol. The van der Waals surface area contributed by atoms with Gasteiger partial charge in [0.2, 0.25) is 0 Å². The Balaban J connectivity index is 2.13. The van der Waals surface area contributed by atoms with Crippen LogP contribution in [0.25, 0.3) is 0 Å². The third-order valence-corrected chi connectivity index (χ3v) is 4.34. The molecule has 1 atom stereocenters. The van der Waals surface area contributed by atoms with Crippen LogP contribution in [0.1, 0.15) is 38.6 Å². The lowest BCUT2D eigenvalue weighted by Crippen LogP contribution is -2.45. The highest BCUT2D eigenvalue weighted by molar-refractivity contribution is 7.15. The van der Waals surface area contributed by atoms with Crippen molar-refractivity contribution >= 4 is 23.2 Å². The van der Waals surface area contributed by atoms with Crippen molar-refractivity contribution in [3.8, 4) is 0 Å². The standard InChI is InChI=1S/C13H17NO4S/c1-18-8-9-4-2-3-7-14(9)12(15)10-5-6-11(19-10)13(16)17/h5-6,9H,2-4,7-8H2,1H3,(H,16,17). The van der Waals surface area contributed by atoms with E-state index in [2.05, 4.69) is 0 Å². The summed E-state index contributed by atoms with van der Waals surface area (Å²) in [7, 11) is 1.63. The lowest BCUT2D eigenvalue weighted by molar-refractivity contribution is 0.0432. The Kier molecular flexibility index (Phi) is 4.55. The van der Waals surface area contributed by atoms with Crippen LogP contribution >= 0.6 is 11.3 Å². The fourth-order valence-electron chi connectivity index (χ4n) is 2.34. The highest BCUT2D eigenvalue weighted by atomic mass is 32.1. The molecule has 2 heterocycles. The number of amides is 1. The second-order valence-electron chi connectivity index (χ2n) is 4.57. The number of hydrogen-bond acceptors (Lipinski definition) is 4. The topological polar surface area (TPSA) is 66.8 Å². The van der Waals surface area contributed by atoms with E-state index in [1.54, 1.807) is 13.2 Å². The zero-order valence-corrected chi connectivity index (χ0v) is 11.6. The van der Waals surface area contributed by atoms with Crippen LogP contribution in [-0.4, -0.2) is 48.2 Å². The second-order valence-corrected chi connectivity index (χ2v) is 5.66. The molecule has 0 bridgehead atoms.